The number of carbonyl (C=O) groups is 2. The minimum Gasteiger partial charge on any atom is -0.466 e. The van der Waals surface area contributed by atoms with Gasteiger partial charge in [0.25, 0.3) is 0 Å². The van der Waals surface area contributed by atoms with Gasteiger partial charge in [0.05, 0.1) is 14.2 Å². The van der Waals surface area contributed by atoms with Crippen molar-refractivity contribution in [2.75, 3.05) is 14.2 Å². The normalized spacial score (nSPS) is 43.5. The highest BCUT2D eigenvalue weighted by Gasteiger charge is 2.76. The Morgan fingerprint density at radius 3 is 2.25 bits per heavy atom. The summed E-state index contributed by atoms with van der Waals surface area (Å²) in [5, 5.41) is 21.9. The molecule has 0 amide bonds. The molecule has 1 heterocycles. The van der Waals surface area contributed by atoms with Crippen LogP contribution in [0.4, 0.5) is 0 Å². The van der Waals surface area contributed by atoms with Crippen LogP contribution in [-0.2, 0) is 28.5 Å². The van der Waals surface area contributed by atoms with E-state index in [9.17, 15) is 19.8 Å². The Balaban J connectivity index is 2.14. The van der Waals surface area contributed by atoms with E-state index in [2.05, 4.69) is 4.74 Å². The van der Waals surface area contributed by atoms with Gasteiger partial charge in [0.15, 0.2) is 0 Å². The predicted octanol–water partition coefficient (Wildman–Crippen LogP) is -0.0660. The zero-order valence-corrected chi connectivity index (χ0v) is 13.5. The fourth-order valence-electron chi connectivity index (χ4n) is 3.54. The van der Waals surface area contributed by atoms with Crippen LogP contribution in [0.3, 0.4) is 0 Å². The van der Waals surface area contributed by atoms with Crippen molar-refractivity contribution in [3.63, 3.8) is 0 Å². The van der Waals surface area contributed by atoms with Crippen LogP contribution in [-0.4, -0.2) is 59.1 Å². The van der Waals surface area contributed by atoms with Crippen LogP contribution < -0.4 is 0 Å². The smallest absolute Gasteiger partial charge is 0.348 e. The second kappa shape index (κ2) is 5.38. The van der Waals surface area contributed by atoms with Gasteiger partial charge in [-0.3, -0.25) is 0 Å². The second-order valence-electron chi connectivity index (χ2n) is 6.11. The zero-order chi connectivity index (χ0) is 17.6. The van der Waals surface area contributed by atoms with E-state index in [0.717, 1.165) is 14.2 Å². The summed E-state index contributed by atoms with van der Waals surface area (Å²) in [6.45, 7) is 0. The van der Waals surface area contributed by atoms with Crippen molar-refractivity contribution in [1.82, 2.24) is 0 Å². The summed E-state index contributed by atoms with van der Waals surface area (Å²) in [6, 6.07) is 0. The molecule has 3 aliphatic rings. The maximum absolute atomic E-state index is 12.4. The third-order valence-electron chi connectivity index (χ3n) is 4.81. The number of rotatable bonds is 2. The maximum Gasteiger partial charge on any atom is 0.348 e. The molecular weight excluding hydrogens is 320 g/mol. The molecule has 0 aromatic heterocycles. The number of allylic oxidation sites excluding steroid dienone is 2. The quantitative estimate of drug-likeness (QED) is 0.531. The molecule has 24 heavy (non-hydrogen) atoms. The molecule has 2 N–H and O–H groups in total. The average molecular weight is 340 g/mol. The molecule has 0 aromatic carbocycles. The Bertz CT molecular complexity index is 628. The molecule has 1 saturated heterocycles. The summed E-state index contributed by atoms with van der Waals surface area (Å²) >= 11 is 0. The van der Waals surface area contributed by atoms with Gasteiger partial charge in [-0.1, -0.05) is 12.2 Å². The van der Waals surface area contributed by atoms with Crippen molar-refractivity contribution in [3.05, 3.63) is 24.3 Å². The van der Waals surface area contributed by atoms with Gasteiger partial charge in [0.1, 0.15) is 0 Å². The lowest BCUT2D eigenvalue weighted by atomic mass is 9.84. The lowest BCUT2D eigenvalue weighted by molar-refractivity contribution is -0.303. The predicted molar refractivity (Wildman–Crippen MR) is 78.3 cm³/mol. The zero-order valence-electron chi connectivity index (χ0n) is 13.5. The fourth-order valence-corrected chi connectivity index (χ4v) is 3.54. The van der Waals surface area contributed by atoms with Crippen molar-refractivity contribution < 1.29 is 38.7 Å². The summed E-state index contributed by atoms with van der Waals surface area (Å²) in [6.07, 6.45) is 6.73. The molecule has 0 unspecified atom stereocenters. The van der Waals surface area contributed by atoms with E-state index in [1.807, 2.05) is 0 Å². The number of esters is 2. The van der Waals surface area contributed by atoms with E-state index >= 15 is 0 Å². The monoisotopic (exact) mass is 340 g/mol. The summed E-state index contributed by atoms with van der Waals surface area (Å²) in [5.74, 6) is -5.92. The van der Waals surface area contributed by atoms with Gasteiger partial charge in [0.2, 0.25) is 22.8 Å². The third-order valence-corrected chi connectivity index (χ3v) is 4.81. The van der Waals surface area contributed by atoms with Gasteiger partial charge in [0, 0.05) is 12.8 Å². The topological polar surface area (TPSA) is 112 Å². The van der Waals surface area contributed by atoms with E-state index in [4.69, 9.17) is 14.2 Å². The Hall–Kier alpha value is -1.74. The molecule has 132 valence electrons. The molecule has 1 spiro atoms. The van der Waals surface area contributed by atoms with Crippen molar-refractivity contribution >= 4 is 11.9 Å². The van der Waals surface area contributed by atoms with E-state index in [1.165, 1.54) is 12.2 Å². The summed E-state index contributed by atoms with van der Waals surface area (Å²) in [4.78, 5) is 24.6. The number of hydrogen-bond donors (Lipinski definition) is 2. The first-order chi connectivity index (χ1) is 11.3. The van der Waals surface area contributed by atoms with Crippen LogP contribution in [0.25, 0.3) is 0 Å². The van der Waals surface area contributed by atoms with Crippen LogP contribution in [0.15, 0.2) is 24.3 Å². The Labute approximate surface area is 138 Å². The average Bonchev–Trinajstić information content (AvgIpc) is 2.86. The van der Waals surface area contributed by atoms with Crippen LogP contribution in [0.5, 0.6) is 0 Å². The van der Waals surface area contributed by atoms with Crippen molar-refractivity contribution in [1.29, 1.82) is 0 Å². The molecule has 2 aliphatic carbocycles. The van der Waals surface area contributed by atoms with E-state index in [1.54, 1.807) is 12.2 Å². The van der Waals surface area contributed by atoms with Crippen LogP contribution >= 0.6 is 0 Å². The van der Waals surface area contributed by atoms with Crippen molar-refractivity contribution in [2.24, 2.45) is 0 Å². The van der Waals surface area contributed by atoms with E-state index < -0.39 is 34.7 Å². The number of ether oxygens (including phenoxy) is 4. The highest BCUT2D eigenvalue weighted by atomic mass is 16.8. The second-order valence-corrected chi connectivity index (χ2v) is 6.11. The molecule has 0 saturated carbocycles. The first-order valence-electron chi connectivity index (χ1n) is 7.66. The van der Waals surface area contributed by atoms with E-state index in [0.29, 0.717) is 12.8 Å². The number of methoxy groups -OCH3 is 2. The Kier molecular flexibility index (Phi) is 3.83. The minimum atomic E-state index is -2.30. The van der Waals surface area contributed by atoms with Gasteiger partial charge in [-0.2, -0.15) is 0 Å². The van der Waals surface area contributed by atoms with E-state index in [-0.39, 0.29) is 12.8 Å². The minimum absolute atomic E-state index is 0.0430. The van der Waals surface area contributed by atoms with Gasteiger partial charge in [-0.05, 0) is 25.0 Å². The first kappa shape index (κ1) is 17.1. The SMILES string of the molecule is COC(=O)[C@]1(O)C=CCC[C@@]12O[C@]1(O)CCC=C[C@]1(C(=O)OC)O2. The molecule has 0 radical (unpaired) electrons. The molecule has 0 bridgehead atoms. The standard InChI is InChI=1S/C16H20O8/c1-21-11(17)13(19)7-3-6-10-16(13)23-14(12(18)22-2)8-4-5-9-15(14,20)24-16/h3-4,7-8,19-20H,5-6,9-10H2,1-2H3/t13-,14-,15-,16-/m1/s1. The van der Waals surface area contributed by atoms with Gasteiger partial charge in [-0.15, -0.1) is 0 Å². The van der Waals surface area contributed by atoms with Gasteiger partial charge < -0.3 is 29.2 Å². The third kappa shape index (κ3) is 1.94. The molecule has 4 atom stereocenters. The van der Waals surface area contributed by atoms with Gasteiger partial charge in [-0.25, -0.2) is 9.59 Å². The lowest BCUT2D eigenvalue weighted by Gasteiger charge is -2.41. The first-order valence-corrected chi connectivity index (χ1v) is 7.66. The Morgan fingerprint density at radius 1 is 0.958 bits per heavy atom. The Morgan fingerprint density at radius 2 is 1.58 bits per heavy atom. The number of fused-ring (bicyclic) bond motifs is 1. The molecule has 8 heteroatoms. The molecule has 8 nitrogen and oxygen atoms in total. The van der Waals surface area contributed by atoms with Gasteiger partial charge >= 0.3 is 11.9 Å². The number of hydrogen-bond acceptors (Lipinski definition) is 8. The van der Waals surface area contributed by atoms with Crippen molar-refractivity contribution in [2.45, 2.75) is 48.5 Å². The lowest BCUT2D eigenvalue weighted by Crippen LogP contribution is -2.61. The maximum atomic E-state index is 12.4. The molecule has 1 fully saturated rings. The summed E-state index contributed by atoms with van der Waals surface area (Å²) in [5.41, 5.74) is -4.27. The fraction of sp³-hybridized carbons (Fsp3) is 0.625. The molecule has 3 rings (SSSR count). The number of carbonyl (C=O) groups excluding carboxylic acids is 2. The van der Waals surface area contributed by atoms with Crippen LogP contribution in [0.2, 0.25) is 0 Å². The summed E-state index contributed by atoms with van der Waals surface area (Å²) < 4.78 is 21.0. The van der Waals surface area contributed by atoms with Crippen LogP contribution in [0, 0.1) is 0 Å². The molecular formula is C16H20O8. The molecule has 0 aromatic rings. The van der Waals surface area contributed by atoms with Crippen molar-refractivity contribution in [3.8, 4) is 0 Å². The largest absolute Gasteiger partial charge is 0.466 e. The summed E-state index contributed by atoms with van der Waals surface area (Å²) in [7, 11) is 2.27. The molecule has 1 aliphatic heterocycles. The number of aliphatic hydroxyl groups is 2. The highest BCUT2D eigenvalue weighted by molar-refractivity contribution is 5.86. The van der Waals surface area contributed by atoms with Crippen LogP contribution in [0.1, 0.15) is 25.7 Å². The highest BCUT2D eigenvalue weighted by Crippen LogP contribution is 2.55.